The Kier molecular flexibility index (Phi) is 8.69. The molecule has 2 rings (SSSR count). The van der Waals surface area contributed by atoms with Crippen LogP contribution >= 0.6 is 0 Å². The van der Waals surface area contributed by atoms with Gasteiger partial charge in [0.05, 0.1) is 12.2 Å². The van der Waals surface area contributed by atoms with Gasteiger partial charge in [0.15, 0.2) is 6.10 Å². The lowest BCUT2D eigenvalue weighted by atomic mass is 10.2. The Bertz CT molecular complexity index is 823. The first-order valence-electron chi connectivity index (χ1n) is 9.56. The first-order valence-corrected chi connectivity index (χ1v) is 9.56. The molecular weight excluding hydrogens is 372 g/mol. The Morgan fingerprint density at radius 2 is 1.62 bits per heavy atom. The number of nitrogens with one attached hydrogen (secondary N) is 2. The zero-order valence-corrected chi connectivity index (χ0v) is 16.6. The maximum Gasteiger partial charge on any atom is 0.326 e. The van der Waals surface area contributed by atoms with Crippen molar-refractivity contribution in [2.24, 2.45) is 0 Å². The van der Waals surface area contributed by atoms with Crippen molar-refractivity contribution in [1.29, 1.82) is 0 Å². The van der Waals surface area contributed by atoms with Crippen LogP contribution in [0.25, 0.3) is 0 Å². The largest absolute Gasteiger partial charge is 0.493 e. The van der Waals surface area contributed by atoms with Gasteiger partial charge in [-0.1, -0.05) is 49.4 Å². The van der Waals surface area contributed by atoms with Gasteiger partial charge in [0.1, 0.15) is 12.3 Å². The van der Waals surface area contributed by atoms with E-state index in [0.29, 0.717) is 30.9 Å². The molecule has 2 aromatic carbocycles. The molecule has 0 bridgehead atoms. The van der Waals surface area contributed by atoms with Gasteiger partial charge in [0, 0.05) is 6.54 Å². The molecule has 1 unspecified atom stereocenters. The number of carbonyl (C=O) groups is 3. The monoisotopic (exact) mass is 398 g/mol. The number of ether oxygens (including phenoxy) is 2. The molecule has 2 N–H and O–H groups in total. The van der Waals surface area contributed by atoms with Crippen molar-refractivity contribution in [3.05, 3.63) is 65.7 Å². The van der Waals surface area contributed by atoms with Crippen LogP contribution < -0.4 is 15.4 Å². The molecule has 0 heterocycles. The Labute approximate surface area is 170 Å². The fourth-order valence-electron chi connectivity index (χ4n) is 2.60. The quantitative estimate of drug-likeness (QED) is 0.600. The maximum absolute atomic E-state index is 12.3. The topological polar surface area (TPSA) is 93.7 Å². The predicted octanol–water partition coefficient (Wildman–Crippen LogP) is 2.45. The summed E-state index contributed by atoms with van der Waals surface area (Å²) in [5.74, 6) is -1.08. The summed E-state index contributed by atoms with van der Waals surface area (Å²) in [6.07, 6.45) is -0.591. The average Bonchev–Trinajstić information content (AvgIpc) is 2.75. The third kappa shape index (κ3) is 6.95. The van der Waals surface area contributed by atoms with E-state index in [4.69, 9.17) is 9.47 Å². The first-order chi connectivity index (χ1) is 14.0. The normalized spacial score (nSPS) is 11.2. The SMILES string of the molecule is CCOc1ccccc1C(=O)NCC(=O)OC(CC)C(=O)NCc1ccccc1. The zero-order valence-electron chi connectivity index (χ0n) is 16.6. The van der Waals surface area contributed by atoms with Crippen molar-refractivity contribution in [3.63, 3.8) is 0 Å². The van der Waals surface area contributed by atoms with Crippen molar-refractivity contribution < 1.29 is 23.9 Å². The highest BCUT2D eigenvalue weighted by Gasteiger charge is 2.21. The summed E-state index contributed by atoms with van der Waals surface area (Å²) < 4.78 is 10.6. The van der Waals surface area contributed by atoms with Crippen LogP contribution in [-0.2, 0) is 20.9 Å². The van der Waals surface area contributed by atoms with Gasteiger partial charge < -0.3 is 20.1 Å². The molecule has 0 aliphatic rings. The summed E-state index contributed by atoms with van der Waals surface area (Å²) in [6, 6.07) is 16.2. The molecule has 2 aromatic rings. The fourth-order valence-corrected chi connectivity index (χ4v) is 2.60. The van der Waals surface area contributed by atoms with Crippen LogP contribution in [0.15, 0.2) is 54.6 Å². The van der Waals surface area contributed by atoms with Crippen molar-refractivity contribution in [1.82, 2.24) is 10.6 Å². The third-order valence-electron chi connectivity index (χ3n) is 4.07. The van der Waals surface area contributed by atoms with E-state index in [9.17, 15) is 14.4 Å². The minimum Gasteiger partial charge on any atom is -0.493 e. The van der Waals surface area contributed by atoms with E-state index < -0.39 is 18.0 Å². The van der Waals surface area contributed by atoms with Crippen LogP contribution in [0, 0.1) is 0 Å². The van der Waals surface area contributed by atoms with Gasteiger partial charge in [-0.3, -0.25) is 14.4 Å². The van der Waals surface area contributed by atoms with Gasteiger partial charge in [-0.25, -0.2) is 0 Å². The Balaban J connectivity index is 1.83. The van der Waals surface area contributed by atoms with E-state index in [1.807, 2.05) is 37.3 Å². The van der Waals surface area contributed by atoms with Gasteiger partial charge in [0.2, 0.25) is 0 Å². The molecule has 0 saturated carbocycles. The summed E-state index contributed by atoms with van der Waals surface area (Å²) in [5.41, 5.74) is 1.28. The Morgan fingerprint density at radius 3 is 2.31 bits per heavy atom. The molecule has 0 spiro atoms. The van der Waals surface area contributed by atoms with Gasteiger partial charge in [-0.05, 0) is 31.0 Å². The number of esters is 1. The Morgan fingerprint density at radius 1 is 0.931 bits per heavy atom. The van der Waals surface area contributed by atoms with Crippen molar-refractivity contribution in [2.75, 3.05) is 13.2 Å². The number of para-hydroxylation sites is 1. The van der Waals surface area contributed by atoms with Gasteiger partial charge in [0.25, 0.3) is 11.8 Å². The van der Waals surface area contributed by atoms with E-state index in [1.165, 1.54) is 0 Å². The number of hydrogen-bond acceptors (Lipinski definition) is 5. The molecule has 154 valence electrons. The van der Waals surface area contributed by atoms with Crippen LogP contribution in [0.5, 0.6) is 5.75 Å². The summed E-state index contributed by atoms with van der Waals surface area (Å²) in [5, 5.41) is 5.25. The molecule has 0 aliphatic carbocycles. The van der Waals surface area contributed by atoms with E-state index in [1.54, 1.807) is 31.2 Å². The minimum absolute atomic E-state index is 0.327. The zero-order chi connectivity index (χ0) is 21.1. The smallest absolute Gasteiger partial charge is 0.326 e. The van der Waals surface area contributed by atoms with E-state index in [-0.39, 0.29) is 12.5 Å². The summed E-state index contributed by atoms with van der Waals surface area (Å²) in [6.45, 7) is 3.99. The van der Waals surface area contributed by atoms with Crippen LogP contribution in [0.2, 0.25) is 0 Å². The molecule has 0 aromatic heterocycles. The predicted molar refractivity (Wildman–Crippen MR) is 108 cm³/mol. The van der Waals surface area contributed by atoms with E-state index in [0.717, 1.165) is 5.56 Å². The van der Waals surface area contributed by atoms with Crippen LogP contribution in [0.4, 0.5) is 0 Å². The summed E-state index contributed by atoms with van der Waals surface area (Å²) in [7, 11) is 0. The van der Waals surface area contributed by atoms with Gasteiger partial charge in [-0.2, -0.15) is 0 Å². The van der Waals surface area contributed by atoms with E-state index in [2.05, 4.69) is 10.6 Å². The highest BCUT2D eigenvalue weighted by molar-refractivity contribution is 5.98. The number of carbonyl (C=O) groups excluding carboxylic acids is 3. The summed E-state index contributed by atoms with van der Waals surface area (Å²) >= 11 is 0. The van der Waals surface area contributed by atoms with Crippen LogP contribution in [0.1, 0.15) is 36.2 Å². The molecule has 0 fully saturated rings. The van der Waals surface area contributed by atoms with Crippen molar-refractivity contribution >= 4 is 17.8 Å². The lowest BCUT2D eigenvalue weighted by molar-refractivity contribution is -0.155. The standard InChI is InChI=1S/C22H26N2O5/c1-3-18(22(27)23-14-16-10-6-5-7-11-16)29-20(25)15-24-21(26)17-12-8-9-13-19(17)28-4-2/h5-13,18H,3-4,14-15H2,1-2H3,(H,23,27)(H,24,26). The summed E-state index contributed by atoms with van der Waals surface area (Å²) in [4.78, 5) is 36.7. The number of benzene rings is 2. The highest BCUT2D eigenvalue weighted by atomic mass is 16.5. The molecule has 0 saturated heterocycles. The third-order valence-corrected chi connectivity index (χ3v) is 4.07. The van der Waals surface area contributed by atoms with Crippen molar-refractivity contribution in [3.8, 4) is 5.75 Å². The van der Waals surface area contributed by atoms with Crippen molar-refractivity contribution in [2.45, 2.75) is 32.9 Å². The molecule has 29 heavy (non-hydrogen) atoms. The highest BCUT2D eigenvalue weighted by Crippen LogP contribution is 2.17. The molecule has 2 amide bonds. The number of amides is 2. The van der Waals surface area contributed by atoms with Gasteiger partial charge in [-0.15, -0.1) is 0 Å². The number of hydrogen-bond donors (Lipinski definition) is 2. The lowest BCUT2D eigenvalue weighted by Gasteiger charge is -2.16. The second-order valence-corrected chi connectivity index (χ2v) is 6.20. The molecule has 7 heteroatoms. The minimum atomic E-state index is -0.918. The van der Waals surface area contributed by atoms with E-state index >= 15 is 0 Å². The Hall–Kier alpha value is -3.35. The first kappa shape index (κ1) is 21.9. The molecule has 7 nitrogen and oxygen atoms in total. The lowest BCUT2D eigenvalue weighted by Crippen LogP contribution is -2.39. The molecule has 0 aliphatic heterocycles. The average molecular weight is 398 g/mol. The fraction of sp³-hybridized carbons (Fsp3) is 0.318. The van der Waals surface area contributed by atoms with Crippen LogP contribution in [-0.4, -0.2) is 37.0 Å². The van der Waals surface area contributed by atoms with Gasteiger partial charge >= 0.3 is 5.97 Å². The molecular formula is C22H26N2O5. The second-order valence-electron chi connectivity index (χ2n) is 6.20. The second kappa shape index (κ2) is 11.5. The van der Waals surface area contributed by atoms with Crippen LogP contribution in [0.3, 0.4) is 0 Å². The maximum atomic E-state index is 12.3. The molecule has 1 atom stereocenters. The molecule has 0 radical (unpaired) electrons. The number of rotatable bonds is 10.